The van der Waals surface area contributed by atoms with Crippen LogP contribution in [0.2, 0.25) is 5.15 Å². The molecule has 0 amide bonds. The molecule has 0 saturated heterocycles. The topological polar surface area (TPSA) is 81.2 Å². The number of alkyl halides is 3. The third kappa shape index (κ3) is 5.81. The number of ether oxygens (including phenoxy) is 1. The molecule has 0 fully saturated rings. The zero-order chi connectivity index (χ0) is 21.2. The molecule has 0 saturated carbocycles. The Kier molecular flexibility index (Phi) is 5.67. The highest BCUT2D eigenvalue weighted by molar-refractivity contribution is 7.90. The molecule has 152 valence electrons. The molecule has 1 aromatic heterocycles. The van der Waals surface area contributed by atoms with Crippen LogP contribution in [-0.2, 0) is 9.84 Å². The molecule has 0 unspecified atom stereocenters. The smallest absolute Gasteiger partial charge is 0.406 e. The lowest BCUT2D eigenvalue weighted by Crippen LogP contribution is -2.17. The fourth-order valence-electron chi connectivity index (χ4n) is 2.38. The molecule has 0 spiro atoms. The number of hydrogen-bond donors (Lipinski definition) is 1. The second kappa shape index (κ2) is 7.88. The minimum atomic E-state index is -4.78. The van der Waals surface area contributed by atoms with Crippen molar-refractivity contribution in [3.05, 3.63) is 59.8 Å². The Morgan fingerprint density at radius 1 is 1.03 bits per heavy atom. The summed E-state index contributed by atoms with van der Waals surface area (Å²) in [5.74, 6) is -0.282. The number of sulfone groups is 1. The first-order valence-corrected chi connectivity index (χ1v) is 10.2. The molecule has 0 aliphatic heterocycles. The van der Waals surface area contributed by atoms with E-state index in [0.29, 0.717) is 16.9 Å². The molecular weight excluding hydrogens is 431 g/mol. The molecule has 0 aliphatic carbocycles. The Balaban J connectivity index is 1.87. The summed E-state index contributed by atoms with van der Waals surface area (Å²) >= 11 is 6.04. The van der Waals surface area contributed by atoms with Crippen LogP contribution in [0.25, 0.3) is 11.3 Å². The zero-order valence-electron chi connectivity index (χ0n) is 14.7. The highest BCUT2D eigenvalue weighted by Crippen LogP contribution is 2.27. The van der Waals surface area contributed by atoms with Gasteiger partial charge in [0.05, 0.1) is 10.6 Å². The van der Waals surface area contributed by atoms with Gasteiger partial charge in [-0.15, -0.1) is 13.2 Å². The summed E-state index contributed by atoms with van der Waals surface area (Å²) < 4.78 is 64.0. The molecule has 3 aromatic rings. The number of hydrogen-bond acceptors (Lipinski definition) is 6. The van der Waals surface area contributed by atoms with Crippen molar-refractivity contribution in [2.75, 3.05) is 11.6 Å². The van der Waals surface area contributed by atoms with Gasteiger partial charge in [0, 0.05) is 23.6 Å². The number of nitrogens with zero attached hydrogens (tertiary/aromatic N) is 2. The number of rotatable bonds is 5. The summed E-state index contributed by atoms with van der Waals surface area (Å²) in [5, 5.41) is 2.92. The minimum Gasteiger partial charge on any atom is -0.406 e. The Morgan fingerprint density at radius 3 is 2.34 bits per heavy atom. The first-order chi connectivity index (χ1) is 13.5. The first-order valence-electron chi connectivity index (χ1n) is 7.97. The maximum Gasteiger partial charge on any atom is 0.573 e. The molecule has 1 heterocycles. The zero-order valence-corrected chi connectivity index (χ0v) is 16.3. The van der Waals surface area contributed by atoms with Crippen molar-refractivity contribution < 1.29 is 26.3 Å². The lowest BCUT2D eigenvalue weighted by atomic mass is 10.1. The third-order valence-electron chi connectivity index (χ3n) is 3.60. The summed E-state index contributed by atoms with van der Waals surface area (Å²) in [4.78, 5) is 8.44. The van der Waals surface area contributed by atoms with Gasteiger partial charge in [-0.3, -0.25) is 0 Å². The molecule has 11 heteroatoms. The minimum absolute atomic E-state index is 0.0850. The third-order valence-corrected chi connectivity index (χ3v) is 4.90. The van der Waals surface area contributed by atoms with Gasteiger partial charge in [-0.2, -0.15) is 0 Å². The van der Waals surface area contributed by atoms with E-state index in [9.17, 15) is 21.6 Å². The Morgan fingerprint density at radius 2 is 1.72 bits per heavy atom. The lowest BCUT2D eigenvalue weighted by Gasteiger charge is -2.11. The predicted molar refractivity (Wildman–Crippen MR) is 102 cm³/mol. The van der Waals surface area contributed by atoms with E-state index < -0.39 is 16.2 Å². The van der Waals surface area contributed by atoms with Crippen LogP contribution in [0.15, 0.2) is 59.5 Å². The van der Waals surface area contributed by atoms with Crippen molar-refractivity contribution >= 4 is 33.1 Å². The van der Waals surface area contributed by atoms with Gasteiger partial charge in [0.15, 0.2) is 9.84 Å². The van der Waals surface area contributed by atoms with Crippen LogP contribution in [0.3, 0.4) is 0 Å². The first kappa shape index (κ1) is 20.9. The van der Waals surface area contributed by atoms with Gasteiger partial charge in [-0.05, 0) is 36.4 Å². The van der Waals surface area contributed by atoms with E-state index in [0.717, 1.165) is 18.4 Å². The molecule has 2 aromatic carbocycles. The van der Waals surface area contributed by atoms with Crippen LogP contribution in [0.4, 0.5) is 24.8 Å². The number of aromatic nitrogens is 2. The Labute approximate surface area is 169 Å². The van der Waals surface area contributed by atoms with Gasteiger partial charge in [0.25, 0.3) is 0 Å². The fourth-order valence-corrected chi connectivity index (χ4v) is 3.23. The Bertz CT molecular complexity index is 1140. The number of nitrogens with one attached hydrogen (secondary N) is 1. The average molecular weight is 444 g/mol. The van der Waals surface area contributed by atoms with Crippen LogP contribution in [0, 0.1) is 0 Å². The van der Waals surface area contributed by atoms with Crippen molar-refractivity contribution in [3.63, 3.8) is 0 Å². The maximum absolute atomic E-state index is 12.2. The maximum atomic E-state index is 12.2. The van der Waals surface area contributed by atoms with Gasteiger partial charge < -0.3 is 10.1 Å². The van der Waals surface area contributed by atoms with Gasteiger partial charge in [-0.1, -0.05) is 23.7 Å². The molecule has 3 rings (SSSR count). The molecule has 1 N–H and O–H groups in total. The van der Waals surface area contributed by atoms with E-state index in [2.05, 4.69) is 20.0 Å². The summed E-state index contributed by atoms with van der Waals surface area (Å²) in [6.45, 7) is 0. The van der Waals surface area contributed by atoms with Crippen molar-refractivity contribution in [3.8, 4) is 17.0 Å². The largest absolute Gasteiger partial charge is 0.573 e. The Hall–Kier alpha value is -2.85. The van der Waals surface area contributed by atoms with E-state index in [1.165, 1.54) is 30.3 Å². The molecular formula is C18H13ClF3N3O3S. The van der Waals surface area contributed by atoms with E-state index in [-0.39, 0.29) is 21.7 Å². The second-order valence-corrected chi connectivity index (χ2v) is 8.30. The molecule has 0 aliphatic rings. The highest BCUT2D eigenvalue weighted by Gasteiger charge is 2.30. The molecule has 0 atom stereocenters. The van der Waals surface area contributed by atoms with Gasteiger partial charge in [0.2, 0.25) is 5.95 Å². The van der Waals surface area contributed by atoms with Gasteiger partial charge >= 0.3 is 6.36 Å². The molecule has 0 bridgehead atoms. The van der Waals surface area contributed by atoms with Crippen LogP contribution in [0.5, 0.6) is 5.75 Å². The van der Waals surface area contributed by atoms with Crippen LogP contribution >= 0.6 is 11.6 Å². The van der Waals surface area contributed by atoms with Crippen LogP contribution in [-0.4, -0.2) is 31.0 Å². The molecule has 0 radical (unpaired) electrons. The fraction of sp³-hybridized carbons (Fsp3) is 0.111. The second-order valence-electron chi connectivity index (χ2n) is 5.90. The van der Waals surface area contributed by atoms with Crippen molar-refractivity contribution in [1.82, 2.24) is 9.97 Å². The van der Waals surface area contributed by atoms with E-state index >= 15 is 0 Å². The van der Waals surface area contributed by atoms with Gasteiger partial charge in [0.1, 0.15) is 10.9 Å². The standard InChI is InChI=1S/C18H13ClF3N3O3S/c1-29(26,27)14-4-2-3-11(9-14)15-10-16(19)25-17(24-15)23-12-5-7-13(8-6-12)28-18(20,21)22/h2-10H,1H3,(H,23,24,25). The monoisotopic (exact) mass is 443 g/mol. The van der Waals surface area contributed by atoms with Gasteiger partial charge in [-0.25, -0.2) is 18.4 Å². The lowest BCUT2D eigenvalue weighted by molar-refractivity contribution is -0.274. The highest BCUT2D eigenvalue weighted by atomic mass is 35.5. The van der Waals surface area contributed by atoms with Crippen LogP contribution < -0.4 is 10.1 Å². The van der Waals surface area contributed by atoms with Crippen molar-refractivity contribution in [2.45, 2.75) is 11.3 Å². The summed E-state index contributed by atoms with van der Waals surface area (Å²) in [5.41, 5.74) is 1.28. The normalized spacial score (nSPS) is 11.9. The quantitative estimate of drug-likeness (QED) is 0.568. The SMILES string of the molecule is CS(=O)(=O)c1cccc(-c2cc(Cl)nc(Nc3ccc(OC(F)(F)F)cc3)n2)c1. The van der Waals surface area contributed by atoms with Crippen LogP contribution in [0.1, 0.15) is 0 Å². The average Bonchev–Trinajstić information content (AvgIpc) is 2.61. The summed E-state index contributed by atoms with van der Waals surface area (Å²) in [7, 11) is -3.40. The van der Waals surface area contributed by atoms with E-state index in [1.807, 2.05) is 0 Å². The van der Waals surface area contributed by atoms with E-state index in [4.69, 9.17) is 11.6 Å². The van der Waals surface area contributed by atoms with E-state index in [1.54, 1.807) is 12.1 Å². The molecule has 29 heavy (non-hydrogen) atoms. The summed E-state index contributed by atoms with van der Waals surface area (Å²) in [6.07, 6.45) is -3.68. The van der Waals surface area contributed by atoms with Crippen molar-refractivity contribution in [2.24, 2.45) is 0 Å². The summed E-state index contributed by atoms with van der Waals surface area (Å²) in [6, 6.07) is 12.6. The number of halogens is 4. The van der Waals surface area contributed by atoms with Crippen molar-refractivity contribution in [1.29, 1.82) is 0 Å². The molecule has 6 nitrogen and oxygen atoms in total. The number of anilines is 2. The predicted octanol–water partition coefficient (Wildman–Crippen LogP) is 4.84. The number of benzene rings is 2.